The largest absolute Gasteiger partial charge is 0.495 e. The molecule has 7 nitrogen and oxygen atoms in total. The molecule has 2 aromatic rings. The van der Waals surface area contributed by atoms with E-state index in [4.69, 9.17) is 23.7 Å². The maximum atomic E-state index is 13.2. The van der Waals surface area contributed by atoms with Crippen LogP contribution in [0.15, 0.2) is 28.7 Å². The van der Waals surface area contributed by atoms with Crippen molar-refractivity contribution in [2.45, 2.75) is 0 Å². The molecule has 162 valence electrons. The number of halogens is 1. The smallest absolute Gasteiger partial charge is 0.208 e. The second-order valence-corrected chi connectivity index (χ2v) is 7.23. The van der Waals surface area contributed by atoms with Crippen LogP contribution in [0.2, 0.25) is 0 Å². The molecule has 8 heteroatoms. The van der Waals surface area contributed by atoms with Gasteiger partial charge >= 0.3 is 0 Å². The lowest BCUT2D eigenvalue weighted by atomic mass is 10.1. The van der Waals surface area contributed by atoms with Crippen molar-refractivity contribution in [2.24, 2.45) is 0 Å². The Morgan fingerprint density at radius 3 is 1.93 bits per heavy atom. The average molecular weight is 480 g/mol. The molecule has 30 heavy (non-hydrogen) atoms. The quantitative estimate of drug-likeness (QED) is 0.389. The van der Waals surface area contributed by atoms with Gasteiger partial charge in [-0.1, -0.05) is 6.07 Å². The molecule has 0 unspecified atom stereocenters. The number of hydrogen-bond acceptors (Lipinski definition) is 7. The Bertz CT molecular complexity index is 955. The minimum atomic E-state index is -0.298. The zero-order valence-corrected chi connectivity index (χ0v) is 19.7. The van der Waals surface area contributed by atoms with E-state index in [0.29, 0.717) is 16.0 Å². The summed E-state index contributed by atoms with van der Waals surface area (Å²) in [7, 11) is 11.4. The van der Waals surface area contributed by atoms with Crippen LogP contribution in [0.4, 0.5) is 5.69 Å². The molecule has 0 N–H and O–H groups in total. The molecule has 2 rings (SSSR count). The first-order chi connectivity index (χ1) is 14.3. The van der Waals surface area contributed by atoms with Gasteiger partial charge in [0.05, 0.1) is 51.3 Å². The van der Waals surface area contributed by atoms with Gasteiger partial charge in [-0.2, -0.15) is 0 Å². The van der Waals surface area contributed by atoms with E-state index in [0.717, 1.165) is 17.0 Å². The van der Waals surface area contributed by atoms with Crippen molar-refractivity contribution in [1.29, 1.82) is 0 Å². The van der Waals surface area contributed by atoms with Gasteiger partial charge in [0.2, 0.25) is 17.3 Å². The number of rotatable bonds is 9. The molecule has 0 spiro atoms. The van der Waals surface area contributed by atoms with Crippen LogP contribution in [0.3, 0.4) is 0 Å². The van der Waals surface area contributed by atoms with Crippen molar-refractivity contribution in [2.75, 3.05) is 54.5 Å². The molecule has 0 bridgehead atoms. The molecule has 0 atom stereocenters. The van der Waals surface area contributed by atoms with E-state index in [1.807, 2.05) is 37.2 Å². The fourth-order valence-electron chi connectivity index (χ4n) is 2.99. The first kappa shape index (κ1) is 23.4. The Kier molecular flexibility index (Phi) is 8.00. The molecule has 0 amide bonds. The number of Topliss-reactive ketones (excluding diaryl/α,β-unsaturated/α-hetero) is 1. The van der Waals surface area contributed by atoms with Gasteiger partial charge in [-0.15, -0.1) is 0 Å². The van der Waals surface area contributed by atoms with Crippen LogP contribution in [0, 0.1) is 0 Å². The molecule has 0 heterocycles. The van der Waals surface area contributed by atoms with Crippen LogP contribution < -0.4 is 28.6 Å². The number of benzene rings is 2. The minimum Gasteiger partial charge on any atom is -0.495 e. The van der Waals surface area contributed by atoms with Crippen molar-refractivity contribution in [1.82, 2.24) is 0 Å². The fraction of sp³-hybridized carbons (Fsp3) is 0.318. The Balaban J connectivity index is 2.56. The summed E-state index contributed by atoms with van der Waals surface area (Å²) in [6, 6.07) is 7.22. The molecule has 0 fully saturated rings. The highest BCUT2D eigenvalue weighted by Gasteiger charge is 2.26. The van der Waals surface area contributed by atoms with Crippen molar-refractivity contribution in [3.05, 3.63) is 39.9 Å². The number of ether oxygens (including phenoxy) is 5. The number of allylic oxidation sites excluding steroid dienone is 1. The summed E-state index contributed by atoms with van der Waals surface area (Å²) in [6.07, 6.45) is 1.73. The standard InChI is InChI=1S/C22H26BrNO6/c1-24(2)16-11-13(8-9-17(16)26-3)10-15(23)19(25)14-12-18(27-4)21(29-6)22(30-7)20(14)28-5/h8-12H,1-7H3. The monoisotopic (exact) mass is 479 g/mol. The van der Waals surface area contributed by atoms with E-state index in [1.165, 1.54) is 28.4 Å². The summed E-state index contributed by atoms with van der Waals surface area (Å²) in [6.45, 7) is 0. The molecular weight excluding hydrogens is 454 g/mol. The van der Waals surface area contributed by atoms with E-state index >= 15 is 0 Å². The van der Waals surface area contributed by atoms with E-state index in [9.17, 15) is 4.79 Å². The molecular formula is C22H26BrNO6. The highest BCUT2D eigenvalue weighted by Crippen LogP contribution is 2.47. The van der Waals surface area contributed by atoms with Crippen molar-refractivity contribution in [3.63, 3.8) is 0 Å². The van der Waals surface area contributed by atoms with E-state index in [1.54, 1.807) is 19.3 Å². The van der Waals surface area contributed by atoms with Crippen LogP contribution >= 0.6 is 15.9 Å². The van der Waals surface area contributed by atoms with Gasteiger partial charge < -0.3 is 28.6 Å². The minimum absolute atomic E-state index is 0.259. The van der Waals surface area contributed by atoms with E-state index < -0.39 is 0 Å². The molecule has 0 aliphatic carbocycles. The summed E-state index contributed by atoms with van der Waals surface area (Å²) in [5.74, 6) is 1.69. The maximum absolute atomic E-state index is 13.2. The summed E-state index contributed by atoms with van der Waals surface area (Å²) in [4.78, 5) is 15.2. The molecule has 0 aromatic heterocycles. The highest BCUT2D eigenvalue weighted by atomic mass is 79.9. The third-order valence-electron chi connectivity index (χ3n) is 4.43. The number of methoxy groups -OCH3 is 5. The maximum Gasteiger partial charge on any atom is 0.208 e. The van der Waals surface area contributed by atoms with Crippen LogP contribution in [-0.2, 0) is 0 Å². The lowest BCUT2D eigenvalue weighted by Crippen LogP contribution is -2.10. The number of anilines is 1. The first-order valence-electron chi connectivity index (χ1n) is 8.97. The second kappa shape index (κ2) is 10.2. The van der Waals surface area contributed by atoms with Crippen LogP contribution in [0.1, 0.15) is 15.9 Å². The Morgan fingerprint density at radius 1 is 0.833 bits per heavy atom. The zero-order chi connectivity index (χ0) is 22.4. The molecule has 0 saturated carbocycles. The summed E-state index contributed by atoms with van der Waals surface area (Å²) < 4.78 is 27.3. The number of nitrogens with zero attached hydrogens (tertiary/aromatic N) is 1. The molecule has 0 radical (unpaired) electrons. The topological polar surface area (TPSA) is 66.5 Å². The first-order valence-corrected chi connectivity index (χ1v) is 9.76. The van der Waals surface area contributed by atoms with Gasteiger partial charge in [0, 0.05) is 14.1 Å². The second-order valence-electron chi connectivity index (χ2n) is 6.37. The van der Waals surface area contributed by atoms with Gasteiger partial charge in [-0.05, 0) is 45.8 Å². The SMILES string of the molecule is COc1ccc(C=C(Br)C(=O)c2cc(OC)c(OC)c(OC)c2OC)cc1N(C)C. The van der Waals surface area contributed by atoms with Gasteiger partial charge in [0.15, 0.2) is 11.5 Å². The van der Waals surface area contributed by atoms with Crippen molar-refractivity contribution >= 4 is 33.5 Å². The lowest BCUT2D eigenvalue weighted by molar-refractivity contribution is 0.104. The van der Waals surface area contributed by atoms with Crippen molar-refractivity contribution in [3.8, 4) is 28.7 Å². The van der Waals surface area contributed by atoms with Crippen LogP contribution in [0.25, 0.3) is 6.08 Å². The molecule has 0 aliphatic heterocycles. The fourth-order valence-corrected chi connectivity index (χ4v) is 3.47. The van der Waals surface area contributed by atoms with Gasteiger partial charge in [-0.3, -0.25) is 4.79 Å². The molecule has 2 aromatic carbocycles. The van der Waals surface area contributed by atoms with E-state index in [2.05, 4.69) is 15.9 Å². The summed E-state index contributed by atoms with van der Waals surface area (Å²) >= 11 is 3.40. The Labute approximate surface area is 185 Å². The van der Waals surface area contributed by atoms with E-state index in [-0.39, 0.29) is 22.8 Å². The number of carbonyl (C=O) groups is 1. The van der Waals surface area contributed by atoms with Crippen LogP contribution in [-0.4, -0.2) is 55.4 Å². The molecule has 0 aliphatic rings. The number of ketones is 1. The normalized spacial score (nSPS) is 11.0. The number of hydrogen-bond donors (Lipinski definition) is 0. The highest BCUT2D eigenvalue weighted by molar-refractivity contribution is 9.12. The predicted molar refractivity (Wildman–Crippen MR) is 121 cm³/mol. The molecule has 0 saturated heterocycles. The Hall–Kier alpha value is -2.87. The van der Waals surface area contributed by atoms with Gasteiger partial charge in [0.25, 0.3) is 0 Å². The third kappa shape index (κ3) is 4.64. The van der Waals surface area contributed by atoms with Crippen molar-refractivity contribution < 1.29 is 28.5 Å². The number of carbonyl (C=O) groups excluding carboxylic acids is 1. The van der Waals surface area contributed by atoms with Gasteiger partial charge in [0.1, 0.15) is 5.75 Å². The van der Waals surface area contributed by atoms with Gasteiger partial charge in [-0.25, -0.2) is 0 Å². The third-order valence-corrected chi connectivity index (χ3v) is 5.02. The summed E-state index contributed by atoms with van der Waals surface area (Å²) in [5.41, 5.74) is 1.99. The van der Waals surface area contributed by atoms with Crippen LogP contribution in [0.5, 0.6) is 28.7 Å². The lowest BCUT2D eigenvalue weighted by Gasteiger charge is -2.18. The predicted octanol–water partition coefficient (Wildman–Crippen LogP) is 4.41. The summed E-state index contributed by atoms with van der Waals surface area (Å²) in [5, 5.41) is 0. The average Bonchev–Trinajstić information content (AvgIpc) is 2.76. The Morgan fingerprint density at radius 2 is 1.43 bits per heavy atom. The zero-order valence-electron chi connectivity index (χ0n) is 18.2.